The molecule has 2 saturated heterocycles. The minimum absolute atomic E-state index is 0.196. The number of nitrogens with zero attached hydrogens (tertiary/aromatic N) is 4. The molecule has 0 spiro atoms. The van der Waals surface area contributed by atoms with Gasteiger partial charge in [-0.2, -0.15) is 0 Å². The fourth-order valence-electron chi connectivity index (χ4n) is 3.66. The number of nitrogens with one attached hydrogen (secondary N) is 2. The van der Waals surface area contributed by atoms with Crippen LogP contribution >= 0.6 is 0 Å². The van der Waals surface area contributed by atoms with Crippen LogP contribution in [0.2, 0.25) is 0 Å². The lowest BCUT2D eigenvalue weighted by atomic mass is 10.1. The molecule has 1 atom stereocenters. The van der Waals surface area contributed by atoms with E-state index >= 15 is 0 Å². The maximum atomic E-state index is 12.2. The van der Waals surface area contributed by atoms with Gasteiger partial charge in [-0.3, -0.25) is 9.88 Å². The van der Waals surface area contributed by atoms with Gasteiger partial charge in [0, 0.05) is 48.6 Å². The molecule has 144 valence electrons. The first-order chi connectivity index (χ1) is 13.6. The van der Waals surface area contributed by atoms with Crippen molar-refractivity contribution in [2.75, 3.05) is 29.4 Å². The molecule has 4 heterocycles. The van der Waals surface area contributed by atoms with E-state index in [9.17, 15) is 4.79 Å². The Hall–Kier alpha value is -3.22. The van der Waals surface area contributed by atoms with Crippen molar-refractivity contribution in [3.63, 3.8) is 0 Å². The number of pyridine rings is 2. The van der Waals surface area contributed by atoms with E-state index in [1.54, 1.807) is 41.7 Å². The van der Waals surface area contributed by atoms with Gasteiger partial charge in [0.05, 0.1) is 12.3 Å². The van der Waals surface area contributed by atoms with Crippen molar-refractivity contribution in [3.05, 3.63) is 60.2 Å². The molecule has 0 aromatic carbocycles. The molecular formula is C21H24N6O. The molecule has 2 aliphatic heterocycles. The van der Waals surface area contributed by atoms with Gasteiger partial charge in [0.1, 0.15) is 5.82 Å². The number of hydrogen-bond donors (Lipinski definition) is 2. The molecule has 7 heteroatoms. The summed E-state index contributed by atoms with van der Waals surface area (Å²) >= 11 is 0. The second-order valence-electron chi connectivity index (χ2n) is 7.22. The maximum Gasteiger partial charge on any atom is 0.326 e. The zero-order valence-corrected chi connectivity index (χ0v) is 15.9. The highest BCUT2D eigenvalue weighted by molar-refractivity contribution is 6.08. The molecule has 0 bridgehead atoms. The van der Waals surface area contributed by atoms with Crippen LogP contribution in [0.3, 0.4) is 0 Å². The van der Waals surface area contributed by atoms with Crippen molar-refractivity contribution in [1.29, 1.82) is 5.41 Å². The zero-order valence-electron chi connectivity index (χ0n) is 15.9. The van der Waals surface area contributed by atoms with E-state index < -0.39 is 0 Å². The summed E-state index contributed by atoms with van der Waals surface area (Å²) in [5, 5.41) is 11.2. The Labute approximate surface area is 164 Å². The lowest BCUT2D eigenvalue weighted by Gasteiger charge is -2.17. The third kappa shape index (κ3) is 3.74. The molecule has 0 aliphatic carbocycles. The highest BCUT2D eigenvalue weighted by atomic mass is 16.2. The number of hydrogen-bond acceptors (Lipinski definition) is 5. The van der Waals surface area contributed by atoms with E-state index in [2.05, 4.69) is 27.1 Å². The number of carbonyl (C=O) groups excluding carboxylic acids is 1. The number of rotatable bonds is 5. The summed E-state index contributed by atoms with van der Waals surface area (Å²) in [6.07, 6.45) is 9.17. The fourth-order valence-corrected chi connectivity index (χ4v) is 3.66. The second-order valence-corrected chi connectivity index (χ2v) is 7.22. The van der Waals surface area contributed by atoms with Crippen LogP contribution < -0.4 is 15.1 Å². The molecule has 2 amide bonds. The Bertz CT molecular complexity index is 893. The van der Waals surface area contributed by atoms with E-state index in [0.29, 0.717) is 18.0 Å². The van der Waals surface area contributed by atoms with Crippen LogP contribution in [0.5, 0.6) is 0 Å². The van der Waals surface area contributed by atoms with E-state index in [1.807, 2.05) is 12.1 Å². The van der Waals surface area contributed by atoms with E-state index in [0.717, 1.165) is 36.1 Å². The van der Waals surface area contributed by atoms with Crippen LogP contribution in [0.25, 0.3) is 0 Å². The van der Waals surface area contributed by atoms with E-state index in [4.69, 9.17) is 5.41 Å². The van der Waals surface area contributed by atoms with Crippen LogP contribution in [0, 0.1) is 11.3 Å². The van der Waals surface area contributed by atoms with Gasteiger partial charge in [-0.05, 0) is 42.7 Å². The van der Waals surface area contributed by atoms with Gasteiger partial charge in [0.25, 0.3) is 0 Å². The average Bonchev–Trinajstić information content (AvgIpc) is 3.35. The Morgan fingerprint density at radius 1 is 1.32 bits per heavy atom. The van der Waals surface area contributed by atoms with Crippen LogP contribution in [0.1, 0.15) is 25.3 Å². The summed E-state index contributed by atoms with van der Waals surface area (Å²) < 4.78 is 0. The Morgan fingerprint density at radius 3 is 2.82 bits per heavy atom. The predicted octanol–water partition coefficient (Wildman–Crippen LogP) is 3.19. The summed E-state index contributed by atoms with van der Waals surface area (Å²) in [5.74, 6) is 1.72. The SMILES string of the molecule is CC[C@H]1CCN(c2ccc(C(=N)/C=C3/CN(c4ccncc4)C(=O)N3)cn2)C1. The molecule has 2 N–H and O–H groups in total. The van der Waals surface area contributed by atoms with Crippen molar-refractivity contribution in [2.24, 2.45) is 5.92 Å². The Kier molecular flexibility index (Phi) is 5.06. The number of amides is 2. The largest absolute Gasteiger partial charge is 0.356 e. The van der Waals surface area contributed by atoms with Crippen LogP contribution in [-0.4, -0.2) is 41.3 Å². The predicted molar refractivity (Wildman–Crippen MR) is 110 cm³/mol. The Morgan fingerprint density at radius 2 is 2.14 bits per heavy atom. The molecule has 4 rings (SSSR count). The highest BCUT2D eigenvalue weighted by Crippen LogP contribution is 2.24. The summed E-state index contributed by atoms with van der Waals surface area (Å²) in [5.41, 5.74) is 2.54. The number of aromatic nitrogens is 2. The molecule has 0 saturated carbocycles. The van der Waals surface area contributed by atoms with Gasteiger partial charge < -0.3 is 15.6 Å². The van der Waals surface area contributed by atoms with Crippen LogP contribution in [0.15, 0.2) is 54.6 Å². The van der Waals surface area contributed by atoms with Gasteiger partial charge in [0.2, 0.25) is 0 Å². The Balaban J connectivity index is 1.43. The molecule has 0 radical (unpaired) electrons. The first-order valence-electron chi connectivity index (χ1n) is 9.63. The molecule has 2 aromatic rings. The molecule has 0 unspecified atom stereocenters. The van der Waals surface area contributed by atoms with Crippen molar-refractivity contribution in [1.82, 2.24) is 15.3 Å². The van der Waals surface area contributed by atoms with Gasteiger partial charge in [-0.25, -0.2) is 9.78 Å². The van der Waals surface area contributed by atoms with Gasteiger partial charge >= 0.3 is 6.03 Å². The molecule has 2 aromatic heterocycles. The number of urea groups is 1. The highest BCUT2D eigenvalue weighted by Gasteiger charge is 2.26. The van der Waals surface area contributed by atoms with E-state index in [1.165, 1.54) is 12.8 Å². The maximum absolute atomic E-state index is 12.2. The van der Waals surface area contributed by atoms with Gasteiger partial charge in [-0.15, -0.1) is 0 Å². The zero-order chi connectivity index (χ0) is 19.5. The monoisotopic (exact) mass is 376 g/mol. The first-order valence-corrected chi connectivity index (χ1v) is 9.63. The minimum atomic E-state index is -0.196. The number of allylic oxidation sites excluding steroid dienone is 1. The van der Waals surface area contributed by atoms with Crippen molar-refractivity contribution < 1.29 is 4.79 Å². The van der Waals surface area contributed by atoms with E-state index in [-0.39, 0.29) is 6.03 Å². The molecular weight excluding hydrogens is 352 g/mol. The lowest BCUT2D eigenvalue weighted by molar-refractivity contribution is 0.252. The standard InChI is InChI=1S/C21H24N6O/c1-2-15-7-10-26(13-15)20-4-3-16(12-24-20)19(22)11-17-14-27(21(28)25-17)18-5-8-23-9-6-18/h3-6,8-9,11-12,15,22H,2,7,10,13-14H2,1H3,(H,25,28)/b17-11-,22-19?/t15-/m0/s1. The fraction of sp³-hybridized carbons (Fsp3) is 0.333. The average molecular weight is 376 g/mol. The minimum Gasteiger partial charge on any atom is -0.356 e. The van der Waals surface area contributed by atoms with Crippen molar-refractivity contribution >= 4 is 23.2 Å². The third-order valence-electron chi connectivity index (χ3n) is 5.38. The lowest BCUT2D eigenvalue weighted by Crippen LogP contribution is -2.27. The molecule has 2 aliphatic rings. The number of carbonyl (C=O) groups is 1. The molecule has 7 nitrogen and oxygen atoms in total. The summed E-state index contributed by atoms with van der Waals surface area (Å²) in [4.78, 5) is 24.7. The number of anilines is 2. The summed E-state index contributed by atoms with van der Waals surface area (Å²) in [6, 6.07) is 7.30. The molecule has 28 heavy (non-hydrogen) atoms. The second kappa shape index (κ2) is 7.80. The summed E-state index contributed by atoms with van der Waals surface area (Å²) in [6.45, 7) is 4.74. The van der Waals surface area contributed by atoms with Crippen molar-refractivity contribution in [3.8, 4) is 0 Å². The topological polar surface area (TPSA) is 85.2 Å². The van der Waals surface area contributed by atoms with Crippen molar-refractivity contribution in [2.45, 2.75) is 19.8 Å². The third-order valence-corrected chi connectivity index (χ3v) is 5.38. The van der Waals surface area contributed by atoms with Gasteiger partial charge in [0.15, 0.2) is 0 Å². The molecule has 2 fully saturated rings. The van der Waals surface area contributed by atoms with Gasteiger partial charge in [-0.1, -0.05) is 13.3 Å². The van der Waals surface area contributed by atoms with Crippen LogP contribution in [-0.2, 0) is 0 Å². The smallest absolute Gasteiger partial charge is 0.326 e. The van der Waals surface area contributed by atoms with Crippen LogP contribution in [0.4, 0.5) is 16.3 Å². The summed E-state index contributed by atoms with van der Waals surface area (Å²) in [7, 11) is 0. The quantitative estimate of drug-likeness (QED) is 0.785. The first kappa shape index (κ1) is 18.2. The normalized spacial score (nSPS) is 20.7.